The number of amides is 1. The molecule has 0 bridgehead atoms. The molecule has 0 spiro atoms. The summed E-state index contributed by atoms with van der Waals surface area (Å²) in [5.41, 5.74) is 3.60. The Morgan fingerprint density at radius 3 is 2.32 bits per heavy atom. The number of rotatable bonds is 11. The Labute approximate surface area is 219 Å². The zero-order valence-corrected chi connectivity index (χ0v) is 22.3. The van der Waals surface area contributed by atoms with Gasteiger partial charge in [0.15, 0.2) is 18.1 Å². The van der Waals surface area contributed by atoms with Gasteiger partial charge < -0.3 is 24.8 Å². The minimum Gasteiger partial charge on any atom is -0.494 e. The van der Waals surface area contributed by atoms with Crippen molar-refractivity contribution in [3.63, 3.8) is 0 Å². The molecule has 0 aliphatic carbocycles. The van der Waals surface area contributed by atoms with E-state index in [4.69, 9.17) is 25.8 Å². The molecule has 3 aromatic carbocycles. The van der Waals surface area contributed by atoms with Gasteiger partial charge in [0.1, 0.15) is 5.75 Å². The van der Waals surface area contributed by atoms with Crippen molar-refractivity contribution in [1.29, 1.82) is 0 Å². The van der Waals surface area contributed by atoms with Gasteiger partial charge in [-0.3, -0.25) is 4.79 Å². The molecule has 180 valence electrons. The monoisotopic (exact) mass is 594 g/mol. The molecule has 8 heteroatoms. The summed E-state index contributed by atoms with van der Waals surface area (Å²) in [6, 6.07) is 17.2. The number of hydrogen-bond donors (Lipinski definition) is 2. The maximum Gasteiger partial charge on any atom is 0.262 e. The second kappa shape index (κ2) is 12.7. The average Bonchev–Trinajstić information content (AvgIpc) is 2.81. The van der Waals surface area contributed by atoms with Crippen molar-refractivity contribution >= 4 is 51.5 Å². The van der Waals surface area contributed by atoms with E-state index in [2.05, 4.69) is 33.2 Å². The van der Waals surface area contributed by atoms with Crippen molar-refractivity contribution in [2.24, 2.45) is 0 Å². The summed E-state index contributed by atoms with van der Waals surface area (Å²) < 4.78 is 18.0. The molecule has 0 aliphatic heterocycles. The maximum atomic E-state index is 12.4. The van der Waals surface area contributed by atoms with Gasteiger partial charge in [0.25, 0.3) is 5.91 Å². The molecule has 0 unspecified atom stereocenters. The number of ether oxygens (including phenoxy) is 3. The van der Waals surface area contributed by atoms with E-state index in [1.165, 1.54) is 0 Å². The van der Waals surface area contributed by atoms with Gasteiger partial charge in [-0.1, -0.05) is 17.7 Å². The van der Waals surface area contributed by atoms with Crippen LogP contribution in [0.1, 0.15) is 25.0 Å². The van der Waals surface area contributed by atoms with Gasteiger partial charge in [-0.15, -0.1) is 0 Å². The van der Waals surface area contributed by atoms with Crippen molar-refractivity contribution in [3.8, 4) is 17.2 Å². The van der Waals surface area contributed by atoms with Crippen molar-refractivity contribution in [2.45, 2.75) is 27.3 Å². The van der Waals surface area contributed by atoms with E-state index in [9.17, 15) is 4.79 Å². The van der Waals surface area contributed by atoms with Crippen molar-refractivity contribution in [1.82, 2.24) is 0 Å². The van der Waals surface area contributed by atoms with E-state index < -0.39 is 0 Å². The highest BCUT2D eigenvalue weighted by atomic mass is 127. The molecule has 3 rings (SSSR count). The third kappa shape index (κ3) is 7.43. The van der Waals surface area contributed by atoms with Crippen LogP contribution in [-0.2, 0) is 11.3 Å². The highest BCUT2D eigenvalue weighted by Crippen LogP contribution is 2.34. The Kier molecular flexibility index (Phi) is 9.71. The molecule has 0 fully saturated rings. The molecule has 0 aromatic heterocycles. The zero-order valence-electron chi connectivity index (χ0n) is 19.4. The molecule has 0 radical (unpaired) electrons. The first-order chi connectivity index (χ1) is 16.4. The number of benzene rings is 3. The Morgan fingerprint density at radius 2 is 1.65 bits per heavy atom. The van der Waals surface area contributed by atoms with E-state index in [0.717, 1.165) is 26.1 Å². The first-order valence-electron chi connectivity index (χ1n) is 11.0. The van der Waals surface area contributed by atoms with Gasteiger partial charge >= 0.3 is 0 Å². The van der Waals surface area contributed by atoms with E-state index in [-0.39, 0.29) is 12.5 Å². The number of carbonyl (C=O) groups is 1. The molecule has 34 heavy (non-hydrogen) atoms. The van der Waals surface area contributed by atoms with E-state index in [1.807, 2.05) is 63.2 Å². The lowest BCUT2D eigenvalue weighted by Gasteiger charge is -2.16. The number of nitrogens with one attached hydrogen (secondary N) is 2. The fourth-order valence-corrected chi connectivity index (χ4v) is 4.17. The Morgan fingerprint density at radius 1 is 0.941 bits per heavy atom. The van der Waals surface area contributed by atoms with Crippen LogP contribution in [0.5, 0.6) is 17.2 Å². The predicted molar refractivity (Wildman–Crippen MR) is 146 cm³/mol. The van der Waals surface area contributed by atoms with Crippen LogP contribution in [0.15, 0.2) is 54.6 Å². The number of hydrogen-bond acceptors (Lipinski definition) is 5. The zero-order chi connectivity index (χ0) is 24.5. The van der Waals surface area contributed by atoms with Crippen LogP contribution in [-0.4, -0.2) is 25.7 Å². The maximum absolute atomic E-state index is 12.4. The number of halogens is 2. The normalized spacial score (nSPS) is 10.5. The Bertz CT molecular complexity index is 1120. The van der Waals surface area contributed by atoms with E-state index >= 15 is 0 Å². The van der Waals surface area contributed by atoms with Gasteiger partial charge in [0, 0.05) is 22.9 Å². The highest BCUT2D eigenvalue weighted by Gasteiger charge is 2.14. The summed E-state index contributed by atoms with van der Waals surface area (Å²) in [6.07, 6.45) is 0. The second-order valence-electron chi connectivity index (χ2n) is 7.45. The summed E-state index contributed by atoms with van der Waals surface area (Å²) >= 11 is 8.33. The summed E-state index contributed by atoms with van der Waals surface area (Å²) in [5.74, 6) is 1.71. The third-order valence-corrected chi connectivity index (χ3v) is 6.04. The average molecular weight is 595 g/mol. The summed E-state index contributed by atoms with van der Waals surface area (Å²) in [7, 11) is 0. The van der Waals surface area contributed by atoms with Gasteiger partial charge in [0.2, 0.25) is 0 Å². The molecule has 0 aliphatic rings. The topological polar surface area (TPSA) is 68.8 Å². The summed E-state index contributed by atoms with van der Waals surface area (Å²) in [6.45, 7) is 7.37. The Hall–Kier alpha value is -2.65. The van der Waals surface area contributed by atoms with Crippen LogP contribution < -0.4 is 24.8 Å². The SMILES string of the molecule is CCOc1ccc(NCc2cc(I)c(OCC(=O)Nc3ccc(C)c(Cl)c3)c(OCC)c2)cc1. The van der Waals surface area contributed by atoms with Crippen LogP contribution in [0.2, 0.25) is 5.02 Å². The smallest absolute Gasteiger partial charge is 0.262 e. The van der Waals surface area contributed by atoms with Crippen molar-refractivity contribution < 1.29 is 19.0 Å². The predicted octanol–water partition coefficient (Wildman–Crippen LogP) is 6.68. The summed E-state index contributed by atoms with van der Waals surface area (Å²) in [4.78, 5) is 12.4. The molecule has 3 aromatic rings. The van der Waals surface area contributed by atoms with Crippen LogP contribution in [0.25, 0.3) is 0 Å². The van der Waals surface area contributed by atoms with Gasteiger partial charge in [-0.25, -0.2) is 0 Å². The van der Waals surface area contributed by atoms with Gasteiger partial charge in [-0.2, -0.15) is 0 Å². The van der Waals surface area contributed by atoms with Crippen molar-refractivity contribution in [3.05, 3.63) is 74.3 Å². The Balaban J connectivity index is 1.64. The number of anilines is 2. The lowest BCUT2D eigenvalue weighted by atomic mass is 10.2. The molecule has 0 heterocycles. The minimum atomic E-state index is -0.278. The molecule has 6 nitrogen and oxygen atoms in total. The molecule has 0 atom stereocenters. The molecular formula is C26H28ClIN2O4. The van der Waals surface area contributed by atoms with Crippen LogP contribution in [0, 0.1) is 10.5 Å². The third-order valence-electron chi connectivity index (χ3n) is 4.83. The first-order valence-corrected chi connectivity index (χ1v) is 12.5. The van der Waals surface area contributed by atoms with Crippen LogP contribution >= 0.6 is 34.2 Å². The fraction of sp³-hybridized carbons (Fsp3) is 0.269. The van der Waals surface area contributed by atoms with Crippen molar-refractivity contribution in [2.75, 3.05) is 30.5 Å². The largest absolute Gasteiger partial charge is 0.494 e. The molecular weight excluding hydrogens is 567 g/mol. The number of aryl methyl sites for hydroxylation is 1. The lowest BCUT2D eigenvalue weighted by molar-refractivity contribution is -0.118. The van der Waals surface area contributed by atoms with Gasteiger partial charge in [0.05, 0.1) is 16.8 Å². The quantitative estimate of drug-likeness (QED) is 0.243. The van der Waals surface area contributed by atoms with Crippen LogP contribution in [0.4, 0.5) is 11.4 Å². The summed E-state index contributed by atoms with van der Waals surface area (Å²) in [5, 5.41) is 6.80. The lowest BCUT2D eigenvalue weighted by Crippen LogP contribution is -2.20. The second-order valence-corrected chi connectivity index (χ2v) is 9.02. The minimum absolute atomic E-state index is 0.147. The molecule has 0 saturated carbocycles. The highest BCUT2D eigenvalue weighted by molar-refractivity contribution is 14.1. The van der Waals surface area contributed by atoms with E-state index in [1.54, 1.807) is 12.1 Å². The molecule has 2 N–H and O–H groups in total. The molecule has 0 saturated heterocycles. The first kappa shape index (κ1) is 26.0. The van der Waals surface area contributed by atoms with Gasteiger partial charge in [-0.05, 0) is 103 Å². The fourth-order valence-electron chi connectivity index (χ4n) is 3.17. The standard InChI is InChI=1S/C26H28ClIN2O4/c1-4-32-21-10-8-19(9-11-21)29-15-18-12-23(28)26(24(13-18)33-5-2)34-16-25(31)30-20-7-6-17(3)22(27)14-20/h6-14,29H,4-5,15-16H2,1-3H3,(H,30,31). The van der Waals surface area contributed by atoms with Crippen LogP contribution in [0.3, 0.4) is 0 Å². The number of carbonyl (C=O) groups excluding carboxylic acids is 1. The van der Waals surface area contributed by atoms with E-state index in [0.29, 0.717) is 42.0 Å². The molecule has 1 amide bonds.